The zero-order valence-corrected chi connectivity index (χ0v) is 9.40. The average molecular weight is 221 g/mol. The summed E-state index contributed by atoms with van der Waals surface area (Å²) in [5.74, 6) is 1.40. The molecule has 2 rings (SSSR count). The van der Waals surface area contributed by atoms with Gasteiger partial charge in [-0.2, -0.15) is 5.10 Å². The van der Waals surface area contributed by atoms with E-state index in [1.807, 2.05) is 0 Å². The zero-order valence-electron chi connectivity index (χ0n) is 9.40. The van der Waals surface area contributed by atoms with Gasteiger partial charge in [-0.3, -0.25) is 0 Å². The lowest BCUT2D eigenvalue weighted by Gasteiger charge is -2.06. The Morgan fingerprint density at radius 3 is 3.12 bits per heavy atom. The Morgan fingerprint density at radius 2 is 2.38 bits per heavy atom. The van der Waals surface area contributed by atoms with E-state index in [9.17, 15) is 4.79 Å². The van der Waals surface area contributed by atoms with Gasteiger partial charge in [-0.05, 0) is 12.3 Å². The van der Waals surface area contributed by atoms with Crippen molar-refractivity contribution in [3.05, 3.63) is 22.9 Å². The largest absolute Gasteiger partial charge is 0.370 e. The van der Waals surface area contributed by atoms with Gasteiger partial charge in [0, 0.05) is 12.6 Å². The maximum absolute atomic E-state index is 11.2. The van der Waals surface area contributed by atoms with E-state index in [-0.39, 0.29) is 5.69 Å². The maximum atomic E-state index is 11.2. The third-order valence-corrected chi connectivity index (χ3v) is 2.34. The van der Waals surface area contributed by atoms with Gasteiger partial charge in [0.1, 0.15) is 12.1 Å². The number of H-pyrrole nitrogens is 1. The molecule has 2 heterocycles. The Balaban J connectivity index is 2.11. The van der Waals surface area contributed by atoms with Crippen molar-refractivity contribution < 1.29 is 0 Å². The first-order valence-corrected chi connectivity index (χ1v) is 5.33. The van der Waals surface area contributed by atoms with Crippen molar-refractivity contribution in [3.63, 3.8) is 0 Å². The Morgan fingerprint density at radius 1 is 1.56 bits per heavy atom. The van der Waals surface area contributed by atoms with Crippen LogP contribution in [0.4, 0.5) is 5.82 Å². The Labute approximate surface area is 92.7 Å². The molecule has 0 fully saturated rings. The molecule has 0 aliphatic rings. The monoisotopic (exact) mass is 221 g/mol. The van der Waals surface area contributed by atoms with Crippen molar-refractivity contribution in [2.24, 2.45) is 5.92 Å². The molecule has 86 valence electrons. The first-order valence-electron chi connectivity index (χ1n) is 5.33. The molecule has 0 aliphatic heterocycles. The molecule has 2 N–H and O–H groups in total. The fourth-order valence-electron chi connectivity index (χ4n) is 1.40. The summed E-state index contributed by atoms with van der Waals surface area (Å²) >= 11 is 0. The van der Waals surface area contributed by atoms with Crippen molar-refractivity contribution in [1.82, 2.24) is 19.6 Å². The predicted octanol–water partition coefficient (Wildman–Crippen LogP) is 0.876. The first-order chi connectivity index (χ1) is 7.66. The van der Waals surface area contributed by atoms with E-state index in [1.54, 1.807) is 6.07 Å². The molecule has 16 heavy (non-hydrogen) atoms. The normalized spacial score (nSPS) is 11.2. The summed E-state index contributed by atoms with van der Waals surface area (Å²) < 4.78 is 1.37. The molecule has 0 aliphatic carbocycles. The van der Waals surface area contributed by atoms with Crippen LogP contribution in [0.2, 0.25) is 0 Å². The van der Waals surface area contributed by atoms with Gasteiger partial charge < -0.3 is 5.32 Å². The molecular weight excluding hydrogens is 206 g/mol. The molecule has 0 spiro atoms. The van der Waals surface area contributed by atoms with Gasteiger partial charge in [0.15, 0.2) is 5.65 Å². The standard InChI is InChI=1S/C10H15N5O/c1-7(2)3-4-11-8-5-9-13-14-10(16)15(9)6-12-8/h5-7,11H,3-4H2,1-2H3,(H,14,16). The van der Waals surface area contributed by atoms with E-state index in [2.05, 4.69) is 34.3 Å². The summed E-state index contributed by atoms with van der Waals surface area (Å²) in [7, 11) is 0. The van der Waals surface area contributed by atoms with Crippen LogP contribution in [0.15, 0.2) is 17.2 Å². The third-order valence-electron chi connectivity index (χ3n) is 2.34. The highest BCUT2D eigenvalue weighted by Gasteiger charge is 2.02. The van der Waals surface area contributed by atoms with Crippen LogP contribution in [0.5, 0.6) is 0 Å². The first kappa shape index (κ1) is 10.7. The van der Waals surface area contributed by atoms with Crippen LogP contribution in [-0.2, 0) is 0 Å². The second kappa shape index (κ2) is 4.34. The summed E-state index contributed by atoms with van der Waals surface area (Å²) in [6.45, 7) is 5.21. The van der Waals surface area contributed by atoms with Crippen LogP contribution in [0, 0.1) is 5.92 Å². The number of hydrogen-bond acceptors (Lipinski definition) is 4. The molecule has 0 unspecified atom stereocenters. The number of aromatic amines is 1. The lowest BCUT2D eigenvalue weighted by Crippen LogP contribution is -2.11. The summed E-state index contributed by atoms with van der Waals surface area (Å²) in [5.41, 5.74) is 0.309. The second-order valence-corrected chi connectivity index (χ2v) is 4.14. The molecule has 0 bridgehead atoms. The molecule has 6 heteroatoms. The molecule has 0 saturated heterocycles. The summed E-state index contributed by atoms with van der Waals surface area (Å²) in [6.07, 6.45) is 2.55. The van der Waals surface area contributed by atoms with Gasteiger partial charge >= 0.3 is 5.69 Å². The molecular formula is C10H15N5O. The number of rotatable bonds is 4. The van der Waals surface area contributed by atoms with Crippen LogP contribution < -0.4 is 11.0 Å². The fourth-order valence-corrected chi connectivity index (χ4v) is 1.40. The minimum atomic E-state index is -0.267. The minimum Gasteiger partial charge on any atom is -0.370 e. The van der Waals surface area contributed by atoms with E-state index in [0.29, 0.717) is 11.6 Å². The quantitative estimate of drug-likeness (QED) is 0.803. The van der Waals surface area contributed by atoms with Gasteiger partial charge in [0.05, 0.1) is 0 Å². The van der Waals surface area contributed by atoms with Crippen LogP contribution in [0.1, 0.15) is 20.3 Å². The third kappa shape index (κ3) is 2.21. The number of nitrogens with zero attached hydrogens (tertiary/aromatic N) is 3. The average Bonchev–Trinajstić information content (AvgIpc) is 2.60. The lowest BCUT2D eigenvalue weighted by atomic mass is 10.1. The van der Waals surface area contributed by atoms with E-state index >= 15 is 0 Å². The van der Waals surface area contributed by atoms with Crippen molar-refractivity contribution >= 4 is 11.5 Å². The number of nitrogens with one attached hydrogen (secondary N) is 2. The molecule has 0 saturated carbocycles. The minimum absolute atomic E-state index is 0.267. The molecule has 6 nitrogen and oxygen atoms in total. The van der Waals surface area contributed by atoms with Crippen LogP contribution >= 0.6 is 0 Å². The topological polar surface area (TPSA) is 75.1 Å². The number of hydrogen-bond donors (Lipinski definition) is 2. The van der Waals surface area contributed by atoms with Crippen molar-refractivity contribution in [3.8, 4) is 0 Å². The Bertz CT molecular complexity index is 527. The van der Waals surface area contributed by atoms with Gasteiger partial charge in [0.2, 0.25) is 0 Å². The van der Waals surface area contributed by atoms with E-state index in [4.69, 9.17) is 0 Å². The van der Waals surface area contributed by atoms with E-state index < -0.39 is 0 Å². The number of fused-ring (bicyclic) bond motifs is 1. The summed E-state index contributed by atoms with van der Waals surface area (Å²) in [4.78, 5) is 15.3. The second-order valence-electron chi connectivity index (χ2n) is 4.14. The number of aromatic nitrogens is 4. The Hall–Kier alpha value is -1.85. The van der Waals surface area contributed by atoms with Crippen LogP contribution in [-0.4, -0.2) is 26.1 Å². The van der Waals surface area contributed by atoms with Crippen molar-refractivity contribution in [1.29, 1.82) is 0 Å². The molecule has 2 aromatic heterocycles. The maximum Gasteiger partial charge on any atom is 0.348 e. The van der Waals surface area contributed by atoms with Crippen LogP contribution in [0.25, 0.3) is 5.65 Å². The lowest BCUT2D eigenvalue weighted by molar-refractivity contribution is 0.606. The van der Waals surface area contributed by atoms with Gasteiger partial charge in [-0.15, -0.1) is 0 Å². The van der Waals surface area contributed by atoms with Gasteiger partial charge in [-0.25, -0.2) is 19.3 Å². The Kier molecular flexibility index (Phi) is 2.89. The summed E-state index contributed by atoms with van der Waals surface area (Å²) in [6, 6.07) is 1.75. The highest BCUT2D eigenvalue weighted by molar-refractivity contribution is 5.48. The van der Waals surface area contributed by atoms with Crippen molar-refractivity contribution in [2.75, 3.05) is 11.9 Å². The molecule has 0 radical (unpaired) electrons. The molecule has 0 amide bonds. The SMILES string of the molecule is CC(C)CCNc1cc2n[nH]c(=O)n2cn1. The predicted molar refractivity (Wildman–Crippen MR) is 61.6 cm³/mol. The zero-order chi connectivity index (χ0) is 11.5. The molecule has 2 aromatic rings. The molecule has 0 atom stereocenters. The van der Waals surface area contributed by atoms with Crippen LogP contribution in [0.3, 0.4) is 0 Å². The van der Waals surface area contributed by atoms with Gasteiger partial charge in [0.25, 0.3) is 0 Å². The smallest absolute Gasteiger partial charge is 0.348 e. The van der Waals surface area contributed by atoms with Crippen molar-refractivity contribution in [2.45, 2.75) is 20.3 Å². The highest BCUT2D eigenvalue weighted by Crippen LogP contribution is 2.05. The fraction of sp³-hybridized carbons (Fsp3) is 0.500. The number of anilines is 1. The van der Waals surface area contributed by atoms with E-state index in [1.165, 1.54) is 10.7 Å². The van der Waals surface area contributed by atoms with Gasteiger partial charge in [-0.1, -0.05) is 13.8 Å². The van der Waals surface area contributed by atoms with E-state index in [0.717, 1.165) is 18.8 Å². The molecule has 0 aromatic carbocycles. The summed E-state index contributed by atoms with van der Waals surface area (Å²) in [5, 5.41) is 9.43. The highest BCUT2D eigenvalue weighted by atomic mass is 16.1.